The van der Waals surface area contributed by atoms with E-state index in [0.717, 1.165) is 24.1 Å². The predicted octanol–water partition coefficient (Wildman–Crippen LogP) is 3.70. The number of hydrogen-bond donors (Lipinski definition) is 2. The van der Waals surface area contributed by atoms with Crippen molar-refractivity contribution in [2.75, 3.05) is 26.7 Å². The lowest BCUT2D eigenvalue weighted by Crippen LogP contribution is -2.47. The molecule has 0 aromatic heterocycles. The Balaban J connectivity index is 1.24. The molecule has 3 aromatic carbocycles. The average Bonchev–Trinajstić information content (AvgIpc) is 3.32. The molecule has 2 aliphatic rings. The molecular weight excluding hydrogens is 415 g/mol. The first-order valence-electron chi connectivity index (χ1n) is 11.6. The van der Waals surface area contributed by atoms with Crippen LogP contribution in [0.25, 0.3) is 0 Å². The highest BCUT2D eigenvalue weighted by molar-refractivity contribution is 5.90. The fraction of sp³-hybridized carbons (Fsp3) is 0.321. The van der Waals surface area contributed by atoms with Crippen LogP contribution in [-0.4, -0.2) is 42.2 Å². The number of hydrogen-bond acceptors (Lipinski definition) is 2. The van der Waals surface area contributed by atoms with E-state index in [9.17, 15) is 14.3 Å². The van der Waals surface area contributed by atoms with E-state index in [1.807, 2.05) is 12.1 Å². The Morgan fingerprint density at radius 3 is 2.09 bits per heavy atom. The zero-order chi connectivity index (χ0) is 23.1. The van der Waals surface area contributed by atoms with Gasteiger partial charge in [-0.25, -0.2) is 4.39 Å². The molecule has 33 heavy (non-hydrogen) atoms. The van der Waals surface area contributed by atoms with Gasteiger partial charge in [-0.1, -0.05) is 72.8 Å². The van der Waals surface area contributed by atoms with Crippen molar-refractivity contribution in [1.82, 2.24) is 5.32 Å². The van der Waals surface area contributed by atoms with Gasteiger partial charge in [0.25, 0.3) is 5.91 Å². The van der Waals surface area contributed by atoms with Crippen molar-refractivity contribution in [1.29, 1.82) is 0 Å². The molecule has 0 radical (unpaired) electrons. The molecule has 4 nitrogen and oxygen atoms in total. The van der Waals surface area contributed by atoms with Gasteiger partial charge in [0.05, 0.1) is 20.1 Å². The van der Waals surface area contributed by atoms with E-state index in [-0.39, 0.29) is 0 Å². The second-order valence-corrected chi connectivity index (χ2v) is 9.91. The third-order valence-corrected chi connectivity index (χ3v) is 7.50. The smallest absolute Gasteiger partial charge is 0.261 e. The van der Waals surface area contributed by atoms with E-state index in [1.54, 1.807) is 24.3 Å². The molecule has 2 N–H and O–H groups in total. The fourth-order valence-electron chi connectivity index (χ4n) is 5.75. The number of piperidine rings is 1. The van der Waals surface area contributed by atoms with Gasteiger partial charge in [0.1, 0.15) is 12.4 Å². The van der Waals surface area contributed by atoms with Crippen molar-refractivity contribution < 1.29 is 18.8 Å². The van der Waals surface area contributed by atoms with Crippen LogP contribution in [0.5, 0.6) is 0 Å². The van der Waals surface area contributed by atoms with Gasteiger partial charge in [0.2, 0.25) is 0 Å². The van der Waals surface area contributed by atoms with Crippen LogP contribution in [0, 0.1) is 23.6 Å². The minimum Gasteiger partial charge on any atom is -0.372 e. The third-order valence-electron chi connectivity index (χ3n) is 7.50. The van der Waals surface area contributed by atoms with Gasteiger partial charge in [0.15, 0.2) is 5.60 Å². The van der Waals surface area contributed by atoms with Crippen molar-refractivity contribution in [3.63, 3.8) is 0 Å². The Morgan fingerprint density at radius 2 is 1.48 bits per heavy atom. The SMILES string of the molecule is C[N+]1(Cc2ccccc2)CC2C(CNC(=O)C(O)(c3ccccc3)c3ccc(F)cc3)C2C1. The van der Waals surface area contributed by atoms with Crippen LogP contribution in [0.2, 0.25) is 0 Å². The molecule has 0 bridgehead atoms. The number of likely N-dealkylation sites (tertiary alicyclic amines) is 1. The third kappa shape index (κ3) is 4.19. The summed E-state index contributed by atoms with van der Waals surface area (Å²) in [5, 5.41) is 14.6. The molecule has 5 heteroatoms. The molecular formula is C28H30FN2O2+. The lowest BCUT2D eigenvalue weighted by Gasteiger charge is -2.33. The monoisotopic (exact) mass is 445 g/mol. The first-order valence-corrected chi connectivity index (χ1v) is 11.6. The zero-order valence-electron chi connectivity index (χ0n) is 18.8. The number of quaternary nitrogens is 1. The van der Waals surface area contributed by atoms with Crippen LogP contribution in [0.3, 0.4) is 0 Å². The summed E-state index contributed by atoms with van der Waals surface area (Å²) >= 11 is 0. The molecule has 2 fully saturated rings. The Labute approximate surface area is 194 Å². The van der Waals surface area contributed by atoms with E-state index in [2.05, 4.69) is 36.6 Å². The standard InChI is InChI=1S/C28H29FN2O2/c1-31(17-20-8-4-2-5-9-20)18-25-24(26(25)19-31)16-30-27(32)28(33,21-10-6-3-7-11-21)22-12-14-23(29)15-13-22/h2-15,24-26,33H,16-19H2,1H3/p+1. The van der Waals surface area contributed by atoms with Gasteiger partial charge >= 0.3 is 0 Å². The first kappa shape index (κ1) is 21.8. The first-order chi connectivity index (χ1) is 15.9. The molecule has 3 aromatic rings. The van der Waals surface area contributed by atoms with Crippen LogP contribution in [0.1, 0.15) is 16.7 Å². The molecule has 1 heterocycles. The number of nitrogens with zero attached hydrogens (tertiary/aromatic N) is 1. The second-order valence-electron chi connectivity index (χ2n) is 9.91. The van der Waals surface area contributed by atoms with Gasteiger partial charge in [0, 0.05) is 23.9 Å². The average molecular weight is 446 g/mol. The van der Waals surface area contributed by atoms with Gasteiger partial charge < -0.3 is 14.9 Å². The molecule has 1 aliphatic carbocycles. The summed E-state index contributed by atoms with van der Waals surface area (Å²) in [6.07, 6.45) is 0. The molecule has 1 saturated heterocycles. The van der Waals surface area contributed by atoms with Crippen LogP contribution in [-0.2, 0) is 16.9 Å². The van der Waals surface area contributed by atoms with Crippen molar-refractivity contribution in [3.8, 4) is 0 Å². The van der Waals surface area contributed by atoms with E-state index in [1.165, 1.54) is 29.8 Å². The molecule has 1 amide bonds. The van der Waals surface area contributed by atoms with Crippen molar-refractivity contribution in [2.45, 2.75) is 12.1 Å². The van der Waals surface area contributed by atoms with E-state index in [0.29, 0.717) is 35.4 Å². The summed E-state index contributed by atoms with van der Waals surface area (Å²) in [7, 11) is 2.32. The number of amides is 1. The quantitative estimate of drug-likeness (QED) is 0.545. The maximum Gasteiger partial charge on any atom is 0.261 e. The number of fused-ring (bicyclic) bond motifs is 1. The van der Waals surface area contributed by atoms with Crippen LogP contribution >= 0.6 is 0 Å². The molecule has 1 aliphatic heterocycles. The predicted molar refractivity (Wildman–Crippen MR) is 125 cm³/mol. The highest BCUT2D eigenvalue weighted by atomic mass is 19.1. The number of halogens is 1. The van der Waals surface area contributed by atoms with Crippen molar-refractivity contribution >= 4 is 5.91 Å². The fourth-order valence-corrected chi connectivity index (χ4v) is 5.75. The number of benzene rings is 3. The lowest BCUT2D eigenvalue weighted by atomic mass is 9.85. The highest BCUT2D eigenvalue weighted by Gasteiger charge is 2.61. The number of aliphatic hydroxyl groups is 1. The summed E-state index contributed by atoms with van der Waals surface area (Å²) in [6, 6.07) is 24.9. The largest absolute Gasteiger partial charge is 0.372 e. The molecule has 170 valence electrons. The van der Waals surface area contributed by atoms with E-state index >= 15 is 0 Å². The van der Waals surface area contributed by atoms with E-state index in [4.69, 9.17) is 0 Å². The molecule has 3 unspecified atom stereocenters. The summed E-state index contributed by atoms with van der Waals surface area (Å²) in [5.74, 6) is 0.789. The van der Waals surface area contributed by atoms with Crippen LogP contribution < -0.4 is 5.32 Å². The van der Waals surface area contributed by atoms with Crippen molar-refractivity contribution in [3.05, 3.63) is 107 Å². The maximum absolute atomic E-state index is 13.5. The summed E-state index contributed by atoms with van der Waals surface area (Å²) in [6.45, 7) is 3.81. The van der Waals surface area contributed by atoms with Gasteiger partial charge in [-0.2, -0.15) is 0 Å². The summed E-state index contributed by atoms with van der Waals surface area (Å²) < 4.78 is 14.5. The van der Waals surface area contributed by atoms with Gasteiger partial charge in [-0.05, 0) is 29.2 Å². The van der Waals surface area contributed by atoms with E-state index < -0.39 is 17.3 Å². The second kappa shape index (κ2) is 8.40. The number of carbonyl (C=O) groups excluding carboxylic acids is 1. The Bertz CT molecular complexity index is 1110. The van der Waals surface area contributed by atoms with Crippen LogP contribution in [0.4, 0.5) is 4.39 Å². The van der Waals surface area contributed by atoms with Crippen molar-refractivity contribution in [2.24, 2.45) is 17.8 Å². The molecule has 1 saturated carbocycles. The maximum atomic E-state index is 13.5. The topological polar surface area (TPSA) is 49.3 Å². The molecule has 3 atom stereocenters. The van der Waals surface area contributed by atoms with Gasteiger partial charge in [-0.15, -0.1) is 0 Å². The highest BCUT2D eigenvalue weighted by Crippen LogP contribution is 2.54. The minimum absolute atomic E-state index is 0.357. The lowest BCUT2D eigenvalue weighted by molar-refractivity contribution is -0.916. The number of nitrogens with one attached hydrogen (secondary N) is 1. The Kier molecular flexibility index (Phi) is 5.55. The zero-order valence-corrected chi connectivity index (χ0v) is 18.8. The Hall–Kier alpha value is -3.02. The van der Waals surface area contributed by atoms with Gasteiger partial charge in [-0.3, -0.25) is 4.79 Å². The Morgan fingerprint density at radius 1 is 0.939 bits per heavy atom. The normalized spacial score (nSPS) is 27.4. The molecule has 0 spiro atoms. The molecule has 5 rings (SSSR count). The number of carbonyl (C=O) groups is 1. The number of rotatable bonds is 7. The summed E-state index contributed by atoms with van der Waals surface area (Å²) in [4.78, 5) is 13.3. The minimum atomic E-state index is -1.86. The van der Waals surface area contributed by atoms with Crippen LogP contribution in [0.15, 0.2) is 84.9 Å². The summed E-state index contributed by atoms with van der Waals surface area (Å²) in [5.41, 5.74) is 0.322.